The van der Waals surface area contributed by atoms with Gasteiger partial charge < -0.3 is 10.5 Å². The van der Waals surface area contributed by atoms with Crippen molar-refractivity contribution in [1.29, 1.82) is 0 Å². The lowest BCUT2D eigenvalue weighted by Gasteiger charge is -2.04. The molecule has 0 aliphatic rings. The van der Waals surface area contributed by atoms with Gasteiger partial charge in [-0.05, 0) is 34.6 Å². The van der Waals surface area contributed by atoms with Crippen molar-refractivity contribution >= 4 is 23.3 Å². The van der Waals surface area contributed by atoms with Crippen LogP contribution in [0, 0.1) is 5.21 Å². The second-order valence-corrected chi connectivity index (χ2v) is 5.04. The van der Waals surface area contributed by atoms with Crippen LogP contribution in [0.4, 0.5) is 4.79 Å². The van der Waals surface area contributed by atoms with Gasteiger partial charge in [-0.1, -0.05) is 30.3 Å². The molecule has 3 rings (SSSR count). The van der Waals surface area contributed by atoms with Crippen molar-refractivity contribution in [3.05, 3.63) is 64.9 Å². The first kappa shape index (κ1) is 15.5. The van der Waals surface area contributed by atoms with Gasteiger partial charge in [-0.2, -0.15) is 5.10 Å². The van der Waals surface area contributed by atoms with Gasteiger partial charge in [0.05, 0.1) is 6.21 Å². The molecule has 1 aromatic heterocycles. The van der Waals surface area contributed by atoms with Crippen molar-refractivity contribution in [2.45, 2.75) is 6.42 Å². The van der Waals surface area contributed by atoms with Crippen LogP contribution >= 0.6 is 0 Å². The number of benzene rings is 2. The van der Waals surface area contributed by atoms with Crippen LogP contribution in [-0.4, -0.2) is 23.9 Å². The first-order chi connectivity index (χ1) is 11.7. The summed E-state index contributed by atoms with van der Waals surface area (Å²) >= 11 is 0. The molecule has 0 fully saturated rings. The molecule has 0 atom stereocenters. The van der Waals surface area contributed by atoms with Gasteiger partial charge in [0.15, 0.2) is 0 Å². The van der Waals surface area contributed by atoms with E-state index in [1.807, 2.05) is 30.3 Å². The van der Waals surface area contributed by atoms with E-state index in [-0.39, 0.29) is 0 Å². The van der Waals surface area contributed by atoms with E-state index in [4.69, 9.17) is 0 Å². The number of aromatic nitrogens is 2. The monoisotopic (exact) mass is 325 g/mol. The van der Waals surface area contributed by atoms with Gasteiger partial charge in [-0.15, -0.1) is 0 Å². The number of amides is 2. The first-order valence-electron chi connectivity index (χ1n) is 7.33. The minimum atomic E-state index is -0.396. The summed E-state index contributed by atoms with van der Waals surface area (Å²) in [5.74, 6) is 0. The lowest BCUT2D eigenvalue weighted by molar-refractivity contribution is -0.782. The Kier molecular flexibility index (Phi) is 4.66. The Hall–Kier alpha value is -3.42. The second-order valence-electron chi connectivity index (χ2n) is 5.04. The fraction of sp³-hybridized carbons (Fsp3) is 0.125. The molecule has 2 N–H and O–H groups in total. The Bertz CT molecular complexity index is 861. The number of hydrogen-bond acceptors (Lipinski definition) is 5. The van der Waals surface area contributed by atoms with Crippen LogP contribution in [0.3, 0.4) is 0 Å². The zero-order valence-corrected chi connectivity index (χ0v) is 12.7. The normalized spacial score (nSPS) is 11.0. The summed E-state index contributed by atoms with van der Waals surface area (Å²) < 4.78 is 4.48. The number of nitrogens with one attached hydrogen (secondary N) is 2. The number of hydrazone groups is 1. The number of carbonyl (C=O) groups excluding carboxylic acids is 1. The molecule has 8 nitrogen and oxygen atoms in total. The van der Waals surface area contributed by atoms with E-state index in [9.17, 15) is 10.0 Å². The highest BCUT2D eigenvalue weighted by Crippen LogP contribution is 2.08. The zero-order valence-electron chi connectivity index (χ0n) is 12.7. The van der Waals surface area contributed by atoms with E-state index in [0.29, 0.717) is 28.0 Å². The van der Waals surface area contributed by atoms with E-state index < -0.39 is 6.03 Å². The third kappa shape index (κ3) is 3.86. The number of nitrogens with zero attached hydrogens (tertiary/aromatic N) is 3. The molecule has 2 aromatic carbocycles. The van der Waals surface area contributed by atoms with Crippen LogP contribution < -0.4 is 15.6 Å². The van der Waals surface area contributed by atoms with Crippen molar-refractivity contribution in [1.82, 2.24) is 15.9 Å². The highest BCUT2D eigenvalue weighted by atomic mass is 16.8. The summed E-state index contributed by atoms with van der Waals surface area (Å²) in [7, 11) is 0. The predicted molar refractivity (Wildman–Crippen MR) is 87.2 cm³/mol. The molecule has 122 valence electrons. The molecule has 0 saturated carbocycles. The van der Waals surface area contributed by atoms with Crippen molar-refractivity contribution in [2.24, 2.45) is 5.10 Å². The lowest BCUT2D eigenvalue weighted by atomic mass is 10.1. The summed E-state index contributed by atoms with van der Waals surface area (Å²) in [5.41, 5.74) is 4.91. The van der Waals surface area contributed by atoms with Crippen LogP contribution in [0.25, 0.3) is 11.0 Å². The molecule has 0 bridgehead atoms. The Balaban J connectivity index is 1.48. The molecule has 8 heteroatoms. The van der Waals surface area contributed by atoms with E-state index >= 15 is 0 Å². The Morgan fingerprint density at radius 3 is 2.96 bits per heavy atom. The number of urea groups is 1. The smallest absolute Gasteiger partial charge is 0.335 e. The maximum atomic E-state index is 11.6. The highest BCUT2D eigenvalue weighted by molar-refractivity contribution is 5.86. The van der Waals surface area contributed by atoms with Crippen molar-refractivity contribution in [2.75, 3.05) is 6.54 Å². The van der Waals surface area contributed by atoms with Gasteiger partial charge in [0, 0.05) is 17.8 Å². The first-order valence-corrected chi connectivity index (χ1v) is 7.33. The van der Waals surface area contributed by atoms with E-state index in [2.05, 4.69) is 25.6 Å². The molecule has 0 radical (unpaired) electrons. The topological polar surface area (TPSA) is 106 Å². The average Bonchev–Trinajstić information content (AvgIpc) is 2.97. The zero-order chi connectivity index (χ0) is 16.8. The summed E-state index contributed by atoms with van der Waals surface area (Å²) in [5, 5.41) is 21.4. The fourth-order valence-electron chi connectivity index (χ4n) is 2.14. The third-order valence-electron chi connectivity index (χ3n) is 3.33. The van der Waals surface area contributed by atoms with Gasteiger partial charge in [-0.25, -0.2) is 10.2 Å². The van der Waals surface area contributed by atoms with Crippen molar-refractivity contribution in [3.8, 4) is 0 Å². The number of fused-ring (bicyclic) bond motifs is 1. The van der Waals surface area contributed by atoms with Crippen molar-refractivity contribution in [3.63, 3.8) is 0 Å². The van der Waals surface area contributed by atoms with Crippen LogP contribution in [0.5, 0.6) is 0 Å². The maximum Gasteiger partial charge on any atom is 0.335 e. The third-order valence-corrected chi connectivity index (χ3v) is 3.33. The predicted octanol–water partition coefficient (Wildman–Crippen LogP) is 1.34. The molecule has 0 aliphatic heterocycles. The molecular weight excluding hydrogens is 310 g/mol. The summed E-state index contributed by atoms with van der Waals surface area (Å²) in [6.45, 7) is 0.508. The fourth-order valence-corrected chi connectivity index (χ4v) is 2.14. The van der Waals surface area contributed by atoms with Gasteiger partial charge in [0.1, 0.15) is 0 Å². The molecule has 3 aromatic rings. The average molecular weight is 325 g/mol. The van der Waals surface area contributed by atoms with Crippen LogP contribution in [0.15, 0.2) is 58.3 Å². The molecular formula is C16H15N5O3. The minimum Gasteiger partial charge on any atom is -0.359 e. The van der Waals surface area contributed by atoms with Gasteiger partial charge in [0.2, 0.25) is 11.0 Å². The molecule has 0 saturated heterocycles. The molecule has 0 unspecified atom stereocenters. The van der Waals surface area contributed by atoms with E-state index in [0.717, 1.165) is 12.0 Å². The quantitative estimate of drug-likeness (QED) is 0.419. The summed E-state index contributed by atoms with van der Waals surface area (Å²) in [6.07, 6.45) is 2.18. The SMILES string of the molecule is O=C(NCCc1ccccc1)N/N=C/c1ccc2no[n+]([O-])c2c1. The van der Waals surface area contributed by atoms with Gasteiger partial charge in [-0.3, -0.25) is 4.63 Å². The lowest BCUT2D eigenvalue weighted by Crippen LogP contribution is -2.33. The second kappa shape index (κ2) is 7.23. The Morgan fingerprint density at radius 2 is 2.12 bits per heavy atom. The van der Waals surface area contributed by atoms with E-state index in [1.165, 1.54) is 6.21 Å². The van der Waals surface area contributed by atoms with Crippen molar-refractivity contribution < 1.29 is 14.3 Å². The van der Waals surface area contributed by atoms with Crippen LogP contribution in [0.1, 0.15) is 11.1 Å². The standard InChI is InChI=1S/C16H15N5O3/c22-16(17-9-8-12-4-2-1-3-5-12)19-18-11-13-6-7-14-15(10-13)21(23)24-20-14/h1-7,10-11H,8-9H2,(H2,17,19,22)/b18-11+. The van der Waals surface area contributed by atoms with Gasteiger partial charge >= 0.3 is 6.03 Å². The number of rotatable bonds is 5. The number of hydrogen-bond donors (Lipinski definition) is 2. The van der Waals surface area contributed by atoms with E-state index in [1.54, 1.807) is 18.2 Å². The molecule has 0 spiro atoms. The van der Waals surface area contributed by atoms with Gasteiger partial charge in [0.25, 0.3) is 0 Å². The Labute approximate surface area is 137 Å². The molecule has 24 heavy (non-hydrogen) atoms. The summed E-state index contributed by atoms with van der Waals surface area (Å²) in [6, 6.07) is 14.4. The summed E-state index contributed by atoms with van der Waals surface area (Å²) in [4.78, 5) is 11.9. The minimum absolute atomic E-state index is 0.297. The maximum absolute atomic E-state index is 11.6. The molecule has 1 heterocycles. The highest BCUT2D eigenvalue weighted by Gasteiger charge is 2.08. The van der Waals surface area contributed by atoms with Crippen LogP contribution in [-0.2, 0) is 6.42 Å². The Morgan fingerprint density at radius 1 is 1.29 bits per heavy atom. The molecule has 2 amide bonds. The molecule has 0 aliphatic carbocycles. The largest absolute Gasteiger partial charge is 0.359 e. The van der Waals surface area contributed by atoms with Crippen LogP contribution in [0.2, 0.25) is 0 Å². The number of carbonyl (C=O) groups is 1.